The Morgan fingerprint density at radius 3 is 2.63 bits per heavy atom. The molecule has 3 heterocycles. The molecule has 3 aliphatic rings. The van der Waals surface area contributed by atoms with Crippen molar-refractivity contribution in [2.24, 2.45) is 0 Å². The minimum Gasteiger partial charge on any atom is -0.353 e. The highest BCUT2D eigenvalue weighted by Crippen LogP contribution is 2.45. The molecular weight excluding hydrogens is 472 g/mol. The predicted molar refractivity (Wildman–Crippen MR) is 132 cm³/mol. The second kappa shape index (κ2) is 9.28. The zero-order valence-corrected chi connectivity index (χ0v) is 21.2. The molecule has 2 aliphatic heterocycles. The first-order valence-corrected chi connectivity index (χ1v) is 12.8. The highest BCUT2D eigenvalue weighted by atomic mass is 35.5. The van der Waals surface area contributed by atoms with Gasteiger partial charge in [-0.25, -0.2) is 18.7 Å². The molecule has 0 radical (unpaired) electrons. The molecule has 35 heavy (non-hydrogen) atoms. The number of rotatable bonds is 4. The Balaban J connectivity index is 1.36. The fourth-order valence-corrected chi connectivity index (χ4v) is 6.10. The molecule has 0 bridgehead atoms. The molecule has 2 saturated heterocycles. The van der Waals surface area contributed by atoms with Crippen LogP contribution in [0.4, 0.5) is 14.6 Å². The third-order valence-corrected chi connectivity index (χ3v) is 7.99. The molecule has 1 aliphatic carbocycles. The number of piperazine rings is 1. The van der Waals surface area contributed by atoms with Crippen LogP contribution >= 0.6 is 11.6 Å². The maximum absolute atomic E-state index is 15.0. The van der Waals surface area contributed by atoms with E-state index in [1.165, 1.54) is 12.4 Å². The summed E-state index contributed by atoms with van der Waals surface area (Å²) in [5, 5.41) is 3.87. The average molecular weight is 504 g/mol. The van der Waals surface area contributed by atoms with Gasteiger partial charge in [0.05, 0.1) is 11.6 Å². The van der Waals surface area contributed by atoms with Crippen LogP contribution in [-0.4, -0.2) is 58.5 Å². The van der Waals surface area contributed by atoms with Crippen molar-refractivity contribution in [1.29, 1.82) is 0 Å². The van der Waals surface area contributed by atoms with Crippen molar-refractivity contribution in [3.63, 3.8) is 0 Å². The third-order valence-electron chi connectivity index (χ3n) is 7.76. The average Bonchev–Trinajstić information content (AvgIpc) is 3.33. The third kappa shape index (κ3) is 4.62. The number of halogens is 3. The molecule has 5 rings (SSSR count). The Bertz CT molecular complexity index is 1120. The lowest BCUT2D eigenvalue weighted by molar-refractivity contribution is -0.133. The molecule has 0 spiro atoms. The molecular formula is C26H32ClF2N5O. The normalized spacial score (nSPS) is 26.6. The quantitative estimate of drug-likeness (QED) is 0.652. The van der Waals surface area contributed by atoms with Crippen molar-refractivity contribution >= 4 is 23.3 Å². The molecule has 188 valence electrons. The smallest absolute Gasteiger partial charge is 0.231 e. The standard InChI is InChI=1S/C26H32ClF2N5O/c1-15-12-19(29)23-21(15)24(31-14-30-23)33-8-10-34(11-9-33)25(35)22(20-6-7-26(2,3)32-20)17-5-4-16(27)13-18(17)28/h4-5,13-15,19-20,22,32H,6-12H2,1-3H3/t15-,19+,20?,22?/m1/s1. The maximum atomic E-state index is 15.0. The van der Waals surface area contributed by atoms with Crippen LogP contribution in [0.1, 0.15) is 74.9 Å². The number of fused-ring (bicyclic) bond motifs is 1. The van der Waals surface area contributed by atoms with E-state index in [-0.39, 0.29) is 23.4 Å². The summed E-state index contributed by atoms with van der Waals surface area (Å²) in [6.45, 7) is 8.37. The Kier molecular flexibility index (Phi) is 6.46. The summed E-state index contributed by atoms with van der Waals surface area (Å²) in [4.78, 5) is 26.5. The molecule has 1 N–H and O–H groups in total. The summed E-state index contributed by atoms with van der Waals surface area (Å²) in [6, 6.07) is 4.42. The fourth-order valence-electron chi connectivity index (χ4n) is 5.94. The number of hydrogen-bond acceptors (Lipinski definition) is 5. The Labute approximate surface area is 210 Å². The van der Waals surface area contributed by atoms with E-state index in [0.717, 1.165) is 24.2 Å². The SMILES string of the molecule is C[C@@H]1C[C@H](F)c2ncnc(N3CCN(C(=O)C(c4ccc(Cl)cc4F)C4CCC(C)(C)N4)CC3)c21. The van der Waals surface area contributed by atoms with Gasteiger partial charge >= 0.3 is 0 Å². The number of amides is 1. The summed E-state index contributed by atoms with van der Waals surface area (Å²) in [5.41, 5.74) is 1.66. The van der Waals surface area contributed by atoms with Gasteiger partial charge in [-0.15, -0.1) is 0 Å². The van der Waals surface area contributed by atoms with E-state index in [1.807, 2.05) is 11.8 Å². The Morgan fingerprint density at radius 1 is 1.23 bits per heavy atom. The van der Waals surface area contributed by atoms with Gasteiger partial charge in [0.2, 0.25) is 5.91 Å². The minimum atomic E-state index is -1.05. The lowest BCUT2D eigenvalue weighted by Crippen LogP contribution is -2.53. The molecule has 1 aromatic carbocycles. The highest BCUT2D eigenvalue weighted by molar-refractivity contribution is 6.30. The van der Waals surface area contributed by atoms with Crippen molar-refractivity contribution in [3.8, 4) is 0 Å². The minimum absolute atomic E-state index is 0.0601. The van der Waals surface area contributed by atoms with Crippen LogP contribution in [0.2, 0.25) is 5.02 Å². The molecule has 4 atom stereocenters. The van der Waals surface area contributed by atoms with Crippen molar-refractivity contribution < 1.29 is 13.6 Å². The summed E-state index contributed by atoms with van der Waals surface area (Å²) >= 11 is 6.00. The van der Waals surface area contributed by atoms with Gasteiger partial charge in [0, 0.05) is 53.9 Å². The fraction of sp³-hybridized carbons (Fsp3) is 0.577. The number of carbonyl (C=O) groups is 1. The lowest BCUT2D eigenvalue weighted by atomic mass is 9.88. The largest absolute Gasteiger partial charge is 0.353 e. The van der Waals surface area contributed by atoms with Crippen LogP contribution in [-0.2, 0) is 4.79 Å². The zero-order valence-electron chi connectivity index (χ0n) is 20.4. The number of carbonyl (C=O) groups excluding carboxylic acids is 1. The first kappa shape index (κ1) is 24.4. The number of alkyl halides is 1. The van der Waals surface area contributed by atoms with Crippen LogP contribution in [0.15, 0.2) is 24.5 Å². The van der Waals surface area contributed by atoms with Crippen molar-refractivity contribution in [1.82, 2.24) is 20.2 Å². The first-order chi connectivity index (χ1) is 16.6. The van der Waals surface area contributed by atoms with Crippen LogP contribution in [0.5, 0.6) is 0 Å². The van der Waals surface area contributed by atoms with E-state index in [1.54, 1.807) is 12.1 Å². The predicted octanol–water partition coefficient (Wildman–Crippen LogP) is 4.75. The van der Waals surface area contributed by atoms with Gasteiger partial charge in [-0.1, -0.05) is 24.6 Å². The topological polar surface area (TPSA) is 61.4 Å². The first-order valence-electron chi connectivity index (χ1n) is 12.4. The number of nitrogens with zero attached hydrogens (tertiary/aromatic N) is 4. The van der Waals surface area contributed by atoms with Gasteiger partial charge in [-0.05, 0) is 51.2 Å². The summed E-state index contributed by atoms with van der Waals surface area (Å²) in [7, 11) is 0. The van der Waals surface area contributed by atoms with Gasteiger partial charge in [0.1, 0.15) is 24.1 Å². The zero-order chi connectivity index (χ0) is 24.9. The van der Waals surface area contributed by atoms with Gasteiger partial charge < -0.3 is 15.1 Å². The highest BCUT2D eigenvalue weighted by Gasteiger charge is 2.42. The monoisotopic (exact) mass is 503 g/mol. The number of hydrogen-bond donors (Lipinski definition) is 1. The summed E-state index contributed by atoms with van der Waals surface area (Å²) in [6.07, 6.45) is 2.52. The van der Waals surface area contributed by atoms with Crippen molar-refractivity contribution in [2.45, 2.75) is 69.6 Å². The summed E-state index contributed by atoms with van der Waals surface area (Å²) in [5.74, 6) is -0.325. The molecule has 1 amide bonds. The van der Waals surface area contributed by atoms with Crippen LogP contribution < -0.4 is 10.2 Å². The van der Waals surface area contributed by atoms with E-state index in [0.29, 0.717) is 48.9 Å². The second-order valence-electron chi connectivity index (χ2n) is 10.7. The van der Waals surface area contributed by atoms with E-state index in [2.05, 4.69) is 34.0 Å². The molecule has 2 aromatic rings. The summed E-state index contributed by atoms with van der Waals surface area (Å²) < 4.78 is 29.4. The van der Waals surface area contributed by atoms with Crippen molar-refractivity contribution in [3.05, 3.63) is 52.2 Å². The number of anilines is 1. The van der Waals surface area contributed by atoms with Gasteiger partial charge in [0.15, 0.2) is 0 Å². The second-order valence-corrected chi connectivity index (χ2v) is 11.2. The van der Waals surface area contributed by atoms with Crippen LogP contribution in [0, 0.1) is 5.82 Å². The lowest BCUT2D eigenvalue weighted by Gasteiger charge is -2.39. The van der Waals surface area contributed by atoms with Crippen LogP contribution in [0.25, 0.3) is 0 Å². The Hall–Kier alpha value is -2.32. The molecule has 9 heteroatoms. The van der Waals surface area contributed by atoms with E-state index in [4.69, 9.17) is 11.6 Å². The molecule has 2 unspecified atom stereocenters. The van der Waals surface area contributed by atoms with E-state index < -0.39 is 17.9 Å². The number of aromatic nitrogens is 2. The van der Waals surface area contributed by atoms with Gasteiger partial charge in [-0.3, -0.25) is 4.79 Å². The molecule has 1 aromatic heterocycles. The molecule has 6 nitrogen and oxygen atoms in total. The number of nitrogens with one attached hydrogen (secondary N) is 1. The van der Waals surface area contributed by atoms with Crippen LogP contribution in [0.3, 0.4) is 0 Å². The Morgan fingerprint density at radius 2 is 1.97 bits per heavy atom. The maximum Gasteiger partial charge on any atom is 0.231 e. The number of benzene rings is 1. The molecule has 0 saturated carbocycles. The van der Waals surface area contributed by atoms with E-state index >= 15 is 4.39 Å². The van der Waals surface area contributed by atoms with Crippen molar-refractivity contribution in [2.75, 3.05) is 31.1 Å². The van der Waals surface area contributed by atoms with Gasteiger partial charge in [-0.2, -0.15) is 0 Å². The van der Waals surface area contributed by atoms with Gasteiger partial charge in [0.25, 0.3) is 0 Å². The van der Waals surface area contributed by atoms with E-state index in [9.17, 15) is 9.18 Å². The molecule has 2 fully saturated rings.